The fourth-order valence-electron chi connectivity index (χ4n) is 2.50. The Labute approximate surface area is 169 Å². The third-order valence-electron chi connectivity index (χ3n) is 3.74. The molecule has 136 valence electrons. The zero-order valence-corrected chi connectivity index (χ0v) is 18.5. The Balaban J connectivity index is 1.87. The van der Waals surface area contributed by atoms with Crippen molar-refractivity contribution in [2.75, 3.05) is 11.4 Å². The van der Waals surface area contributed by atoms with Crippen LogP contribution in [0.4, 0.5) is 11.4 Å². The van der Waals surface area contributed by atoms with Gasteiger partial charge in [0.1, 0.15) is 19.8 Å². The van der Waals surface area contributed by atoms with Gasteiger partial charge in [-0.3, -0.25) is 4.79 Å². The van der Waals surface area contributed by atoms with Crippen molar-refractivity contribution in [3.63, 3.8) is 0 Å². The number of benzene rings is 1. The van der Waals surface area contributed by atoms with Crippen molar-refractivity contribution >= 4 is 74.5 Å². The van der Waals surface area contributed by atoms with E-state index in [0.717, 1.165) is 19.7 Å². The Morgan fingerprint density at radius 2 is 1.65 bits per heavy atom. The molecule has 3 heterocycles. The summed E-state index contributed by atoms with van der Waals surface area (Å²) >= 11 is 1.53. The second-order valence-electron chi connectivity index (χ2n) is 5.42. The van der Waals surface area contributed by atoms with Gasteiger partial charge < -0.3 is 4.90 Å². The maximum Gasteiger partial charge on any atom is 0.283 e. The molecule has 0 spiro atoms. The third-order valence-corrected chi connectivity index (χ3v) is 11.6. The van der Waals surface area contributed by atoms with Crippen LogP contribution >= 0.6 is 53.1 Å². The molecule has 4 rings (SSSR count). The van der Waals surface area contributed by atoms with Gasteiger partial charge in [-0.15, -0.1) is 4.40 Å². The van der Waals surface area contributed by atoms with Crippen LogP contribution in [-0.2, 0) is 10.0 Å². The van der Waals surface area contributed by atoms with Crippen LogP contribution in [0.3, 0.4) is 0 Å². The summed E-state index contributed by atoms with van der Waals surface area (Å²) in [5.74, 6) is 0. The number of aryl methyl sites for hydroxylation is 1. The van der Waals surface area contributed by atoms with Crippen molar-refractivity contribution in [3.8, 4) is 0 Å². The van der Waals surface area contributed by atoms with Gasteiger partial charge in [0, 0.05) is 6.54 Å². The van der Waals surface area contributed by atoms with Gasteiger partial charge in [-0.1, -0.05) is 60.5 Å². The Morgan fingerprint density at radius 1 is 1.00 bits per heavy atom. The van der Waals surface area contributed by atoms with Crippen LogP contribution < -0.4 is 14.3 Å². The van der Waals surface area contributed by atoms with Gasteiger partial charge in [-0.25, -0.2) is 0 Å². The van der Waals surface area contributed by atoms with Crippen LogP contribution in [0.2, 0.25) is 0 Å². The Kier molecular flexibility index (Phi) is 4.86. The number of hydrogen-bond acceptors (Lipinski definition) is 9. The molecular formula is C15H12N2O3S6. The van der Waals surface area contributed by atoms with E-state index in [4.69, 9.17) is 0 Å². The molecule has 11 heteroatoms. The lowest BCUT2D eigenvalue weighted by atomic mass is 10.2. The topological polar surface area (TPSA) is 66.8 Å². The molecule has 0 radical (unpaired) electrons. The standard InChI is InChI=1S/C15H12N2O3S6/c1-3-17-10-12(16-26(19,20)9-6-4-8(2)5-7-9)22-24-14(10)21-15-11(17)13(18)23-25-15/h4-7H,3H2,1-2H3/b16-12+. The highest BCUT2D eigenvalue weighted by Crippen LogP contribution is 2.51. The highest BCUT2D eigenvalue weighted by molar-refractivity contribution is 8.06. The monoisotopic (exact) mass is 460 g/mol. The minimum atomic E-state index is -3.81. The first kappa shape index (κ1) is 18.4. The summed E-state index contributed by atoms with van der Waals surface area (Å²) in [6, 6.07) is 6.65. The van der Waals surface area contributed by atoms with E-state index < -0.39 is 10.0 Å². The molecule has 5 nitrogen and oxygen atoms in total. The van der Waals surface area contributed by atoms with Gasteiger partial charge in [-0.2, -0.15) is 8.42 Å². The number of rotatable bonds is 3. The van der Waals surface area contributed by atoms with E-state index >= 15 is 0 Å². The molecule has 2 aromatic heterocycles. The van der Waals surface area contributed by atoms with E-state index in [1.807, 2.05) is 18.7 Å². The number of fused-ring (bicyclic) bond motifs is 2. The minimum absolute atomic E-state index is 0.00791. The van der Waals surface area contributed by atoms with Crippen LogP contribution in [-0.4, -0.2) is 15.0 Å². The largest absolute Gasteiger partial charge is 0.332 e. The lowest BCUT2D eigenvalue weighted by Crippen LogP contribution is -2.27. The predicted molar refractivity (Wildman–Crippen MR) is 111 cm³/mol. The van der Waals surface area contributed by atoms with Crippen molar-refractivity contribution in [2.45, 2.75) is 27.2 Å². The molecule has 0 bridgehead atoms. The number of anilines is 2. The van der Waals surface area contributed by atoms with Crippen molar-refractivity contribution in [1.82, 2.24) is 0 Å². The van der Waals surface area contributed by atoms with E-state index in [0.29, 0.717) is 16.9 Å². The van der Waals surface area contributed by atoms with Crippen LogP contribution in [0.15, 0.2) is 46.8 Å². The Bertz CT molecular complexity index is 1200. The van der Waals surface area contributed by atoms with Gasteiger partial charge in [0.2, 0.25) is 0 Å². The third kappa shape index (κ3) is 3.10. The zero-order chi connectivity index (χ0) is 18.5. The highest BCUT2D eigenvalue weighted by Gasteiger charge is 2.31. The summed E-state index contributed by atoms with van der Waals surface area (Å²) in [4.78, 5) is 14.3. The lowest BCUT2D eigenvalue weighted by Gasteiger charge is -2.25. The van der Waals surface area contributed by atoms with Gasteiger partial charge >= 0.3 is 0 Å². The van der Waals surface area contributed by atoms with Crippen LogP contribution in [0.5, 0.6) is 0 Å². The molecule has 0 fully saturated rings. The lowest BCUT2D eigenvalue weighted by molar-refractivity contribution is 0.597. The molecule has 1 aromatic carbocycles. The molecular weight excluding hydrogens is 449 g/mol. The average molecular weight is 461 g/mol. The predicted octanol–water partition coefficient (Wildman–Crippen LogP) is 4.51. The van der Waals surface area contributed by atoms with E-state index in [9.17, 15) is 13.2 Å². The molecule has 0 saturated heterocycles. The van der Waals surface area contributed by atoms with Gasteiger partial charge in [0.05, 0.1) is 4.90 Å². The summed E-state index contributed by atoms with van der Waals surface area (Å²) in [5.41, 5.74) is 2.37. The molecule has 0 unspecified atom stereocenters. The molecule has 1 aliphatic rings. The van der Waals surface area contributed by atoms with E-state index in [1.165, 1.54) is 53.1 Å². The zero-order valence-electron chi connectivity index (χ0n) is 13.6. The second kappa shape index (κ2) is 6.88. The fraction of sp³-hybridized carbons (Fsp3) is 0.200. The van der Waals surface area contributed by atoms with Crippen molar-refractivity contribution in [3.05, 3.63) is 44.0 Å². The van der Waals surface area contributed by atoms with Crippen molar-refractivity contribution < 1.29 is 8.42 Å². The first-order valence-electron chi connectivity index (χ1n) is 7.50. The maximum atomic E-state index is 12.7. The second-order valence-corrected chi connectivity index (χ2v) is 12.8. The SMILES string of the molecule is CCN1c2c(ssc2=O)Sc2ss/c(=N/S(=O)(=O)c3ccc(C)cc3)c21. The summed E-state index contributed by atoms with van der Waals surface area (Å²) in [5, 5.41) is 0. The summed E-state index contributed by atoms with van der Waals surface area (Å²) in [7, 11) is 1.70. The first-order valence-corrected chi connectivity index (χ1v) is 14.1. The summed E-state index contributed by atoms with van der Waals surface area (Å²) in [6.07, 6.45) is 0. The number of hydrogen-bond donors (Lipinski definition) is 0. The van der Waals surface area contributed by atoms with Crippen molar-refractivity contribution in [1.29, 1.82) is 0 Å². The minimum Gasteiger partial charge on any atom is -0.332 e. The molecule has 0 aliphatic carbocycles. The van der Waals surface area contributed by atoms with E-state index in [1.54, 1.807) is 24.3 Å². The normalized spacial score (nSPS) is 14.4. The molecule has 26 heavy (non-hydrogen) atoms. The van der Waals surface area contributed by atoms with Crippen LogP contribution in [0.25, 0.3) is 0 Å². The fourth-order valence-corrected chi connectivity index (χ4v) is 10.6. The molecule has 3 aromatic rings. The Hall–Kier alpha value is -0.980. The molecule has 0 atom stereocenters. The van der Waals surface area contributed by atoms with Crippen molar-refractivity contribution in [2.24, 2.45) is 4.40 Å². The Morgan fingerprint density at radius 3 is 2.35 bits per heavy atom. The van der Waals surface area contributed by atoms with Gasteiger partial charge in [-0.05, 0) is 36.3 Å². The number of sulfonamides is 1. The maximum absolute atomic E-state index is 12.7. The summed E-state index contributed by atoms with van der Waals surface area (Å²) < 4.78 is 31.9. The van der Waals surface area contributed by atoms with Crippen LogP contribution in [0.1, 0.15) is 12.5 Å². The molecule has 0 saturated carbocycles. The molecule has 0 amide bonds. The quantitative estimate of drug-likeness (QED) is 0.538. The number of nitrogens with zero attached hydrogens (tertiary/aromatic N) is 2. The summed E-state index contributed by atoms with van der Waals surface area (Å²) in [6.45, 7) is 4.43. The smallest absolute Gasteiger partial charge is 0.283 e. The van der Waals surface area contributed by atoms with E-state index in [2.05, 4.69) is 4.40 Å². The van der Waals surface area contributed by atoms with E-state index in [-0.39, 0.29) is 9.64 Å². The van der Waals surface area contributed by atoms with Gasteiger partial charge in [0.15, 0.2) is 4.67 Å². The highest BCUT2D eigenvalue weighted by atomic mass is 32.9. The average Bonchev–Trinajstić information content (AvgIpc) is 3.17. The first-order chi connectivity index (χ1) is 12.4. The van der Waals surface area contributed by atoms with Crippen LogP contribution in [0, 0.1) is 6.92 Å². The molecule has 0 N–H and O–H groups in total. The van der Waals surface area contributed by atoms with Gasteiger partial charge in [0.25, 0.3) is 14.8 Å². The molecule has 1 aliphatic heterocycles.